The van der Waals surface area contributed by atoms with Gasteiger partial charge in [-0.25, -0.2) is 4.98 Å². The van der Waals surface area contributed by atoms with Crippen molar-refractivity contribution in [3.05, 3.63) is 16.1 Å². The van der Waals surface area contributed by atoms with Gasteiger partial charge in [-0.2, -0.15) is 0 Å². The Kier molecular flexibility index (Phi) is 4.40. The van der Waals surface area contributed by atoms with Gasteiger partial charge in [0, 0.05) is 31.3 Å². The zero-order chi connectivity index (χ0) is 14.0. The summed E-state index contributed by atoms with van der Waals surface area (Å²) in [5, 5.41) is 6.66. The van der Waals surface area contributed by atoms with Crippen molar-refractivity contribution in [2.45, 2.75) is 58.0 Å². The smallest absolute Gasteiger partial charge is 0.168 e. The summed E-state index contributed by atoms with van der Waals surface area (Å²) < 4.78 is 12.2. The normalized spacial score (nSPS) is 33.9. The summed E-state index contributed by atoms with van der Waals surface area (Å²) in [6, 6.07) is 0. The van der Waals surface area contributed by atoms with E-state index in [1.54, 1.807) is 11.3 Å². The molecule has 1 saturated heterocycles. The molecular formula is C15H24N2O2S. The number of nitrogens with one attached hydrogen (secondary N) is 1. The van der Waals surface area contributed by atoms with Gasteiger partial charge in [-0.1, -0.05) is 6.92 Å². The van der Waals surface area contributed by atoms with Gasteiger partial charge in [-0.05, 0) is 25.7 Å². The summed E-state index contributed by atoms with van der Waals surface area (Å²) in [6.07, 6.45) is 4.73. The lowest BCUT2D eigenvalue weighted by Crippen LogP contribution is -2.37. The van der Waals surface area contributed by atoms with E-state index in [0.29, 0.717) is 0 Å². The number of nitrogens with zero attached hydrogens (tertiary/aromatic N) is 1. The van der Waals surface area contributed by atoms with Crippen molar-refractivity contribution in [2.75, 3.05) is 13.2 Å². The van der Waals surface area contributed by atoms with Gasteiger partial charge < -0.3 is 14.8 Å². The molecule has 0 aromatic carbocycles. The maximum atomic E-state index is 6.18. The van der Waals surface area contributed by atoms with Crippen LogP contribution in [0.1, 0.15) is 43.3 Å². The van der Waals surface area contributed by atoms with E-state index in [1.165, 1.54) is 12.8 Å². The largest absolute Gasteiger partial charge is 0.347 e. The Labute approximate surface area is 124 Å². The number of aryl methyl sites for hydroxylation is 1. The Balaban J connectivity index is 1.42. The van der Waals surface area contributed by atoms with Crippen molar-refractivity contribution < 1.29 is 9.47 Å². The second-order valence-electron chi connectivity index (χ2n) is 6.13. The van der Waals surface area contributed by atoms with E-state index in [-0.39, 0.29) is 11.9 Å². The van der Waals surface area contributed by atoms with Gasteiger partial charge in [0.15, 0.2) is 5.79 Å². The van der Waals surface area contributed by atoms with Crippen molar-refractivity contribution in [1.82, 2.24) is 10.3 Å². The maximum absolute atomic E-state index is 6.18. The molecule has 1 aliphatic heterocycles. The van der Waals surface area contributed by atoms with Gasteiger partial charge >= 0.3 is 0 Å². The number of aromatic nitrogens is 1. The summed E-state index contributed by atoms with van der Waals surface area (Å²) in [5.41, 5.74) is 1.12. The van der Waals surface area contributed by atoms with Gasteiger partial charge in [-0.3, -0.25) is 0 Å². The average Bonchev–Trinajstić information content (AvgIpc) is 3.02. The van der Waals surface area contributed by atoms with Crippen LogP contribution < -0.4 is 5.32 Å². The molecule has 1 unspecified atom stereocenters. The van der Waals surface area contributed by atoms with Crippen molar-refractivity contribution in [3.8, 4) is 0 Å². The predicted octanol–water partition coefficient (Wildman–Crippen LogP) is 2.86. The molecular weight excluding hydrogens is 272 g/mol. The van der Waals surface area contributed by atoms with Crippen LogP contribution in [-0.4, -0.2) is 30.0 Å². The highest BCUT2D eigenvalue weighted by molar-refractivity contribution is 7.09. The molecule has 2 fully saturated rings. The molecule has 1 atom stereocenters. The minimum Gasteiger partial charge on any atom is -0.347 e. The molecule has 1 N–H and O–H groups in total. The minimum absolute atomic E-state index is 0.183. The van der Waals surface area contributed by atoms with E-state index < -0.39 is 0 Å². The molecule has 4 nitrogen and oxygen atoms in total. The number of ether oxygens (including phenoxy) is 2. The van der Waals surface area contributed by atoms with Crippen LogP contribution in [0.2, 0.25) is 0 Å². The zero-order valence-corrected chi connectivity index (χ0v) is 13.2. The minimum atomic E-state index is -0.268. The van der Waals surface area contributed by atoms with Crippen LogP contribution in [0.25, 0.3) is 0 Å². The van der Waals surface area contributed by atoms with E-state index in [9.17, 15) is 0 Å². The Hall–Kier alpha value is -0.490. The molecule has 0 amide bonds. The molecule has 1 aromatic rings. The fourth-order valence-corrected chi connectivity index (χ4v) is 3.64. The second-order valence-corrected chi connectivity index (χ2v) is 7.20. The quantitative estimate of drug-likeness (QED) is 0.928. The van der Waals surface area contributed by atoms with Crippen LogP contribution in [-0.2, 0) is 16.0 Å². The summed E-state index contributed by atoms with van der Waals surface area (Å²) in [5.74, 6) is 0.550. The molecule has 5 heteroatoms. The summed E-state index contributed by atoms with van der Waals surface area (Å²) >= 11 is 1.70. The van der Waals surface area contributed by atoms with Crippen LogP contribution in [0.3, 0.4) is 0 Å². The van der Waals surface area contributed by atoms with E-state index in [4.69, 9.17) is 9.47 Å². The predicted molar refractivity (Wildman–Crippen MR) is 79.7 cm³/mol. The third-order valence-corrected chi connectivity index (χ3v) is 5.12. The van der Waals surface area contributed by atoms with Gasteiger partial charge in [0.25, 0.3) is 0 Å². The molecule has 112 valence electrons. The average molecular weight is 296 g/mol. The van der Waals surface area contributed by atoms with E-state index in [0.717, 1.165) is 49.2 Å². The highest BCUT2D eigenvalue weighted by Gasteiger charge is 2.43. The van der Waals surface area contributed by atoms with E-state index in [1.807, 2.05) is 6.92 Å². The van der Waals surface area contributed by atoms with Crippen molar-refractivity contribution in [2.24, 2.45) is 5.92 Å². The standard InChI is InChI=1S/C15H24N2O2S/c1-11-3-5-15(6-4-11)18-9-14(19-15)8-16-7-13-10-20-12(2)17-13/h10-11,14,16H,3-9H2,1-2H3. The van der Waals surface area contributed by atoms with E-state index >= 15 is 0 Å². The van der Waals surface area contributed by atoms with Gasteiger partial charge in [-0.15, -0.1) is 11.3 Å². The van der Waals surface area contributed by atoms with Crippen LogP contribution in [0, 0.1) is 12.8 Å². The van der Waals surface area contributed by atoms with Crippen molar-refractivity contribution in [3.63, 3.8) is 0 Å². The fraction of sp³-hybridized carbons (Fsp3) is 0.800. The van der Waals surface area contributed by atoms with Gasteiger partial charge in [0.1, 0.15) is 0 Å². The first-order valence-electron chi connectivity index (χ1n) is 7.59. The van der Waals surface area contributed by atoms with Gasteiger partial charge in [0.05, 0.1) is 23.4 Å². The summed E-state index contributed by atoms with van der Waals surface area (Å²) in [4.78, 5) is 4.45. The molecule has 0 bridgehead atoms. The van der Waals surface area contributed by atoms with Gasteiger partial charge in [0.2, 0.25) is 0 Å². The third-order valence-electron chi connectivity index (χ3n) is 4.29. The number of thiazole rings is 1. The SMILES string of the molecule is Cc1nc(CNCC2COC3(CCC(C)CC3)O2)cs1. The molecule has 1 saturated carbocycles. The Morgan fingerprint density at radius 1 is 1.45 bits per heavy atom. The maximum Gasteiger partial charge on any atom is 0.168 e. The molecule has 20 heavy (non-hydrogen) atoms. The van der Waals surface area contributed by atoms with Crippen LogP contribution in [0.5, 0.6) is 0 Å². The topological polar surface area (TPSA) is 43.4 Å². The molecule has 2 heterocycles. The molecule has 1 spiro atoms. The lowest BCUT2D eigenvalue weighted by atomic mass is 9.86. The van der Waals surface area contributed by atoms with Crippen LogP contribution >= 0.6 is 11.3 Å². The van der Waals surface area contributed by atoms with Crippen molar-refractivity contribution >= 4 is 11.3 Å². The lowest BCUT2D eigenvalue weighted by Gasteiger charge is -2.34. The summed E-state index contributed by atoms with van der Waals surface area (Å²) in [7, 11) is 0. The van der Waals surface area contributed by atoms with Crippen LogP contribution in [0.4, 0.5) is 0 Å². The number of rotatable bonds is 4. The zero-order valence-electron chi connectivity index (χ0n) is 12.4. The number of hydrogen-bond acceptors (Lipinski definition) is 5. The first-order chi connectivity index (χ1) is 9.65. The molecule has 1 aromatic heterocycles. The Morgan fingerprint density at radius 2 is 2.25 bits per heavy atom. The fourth-order valence-electron chi connectivity index (χ4n) is 3.03. The first-order valence-corrected chi connectivity index (χ1v) is 8.47. The summed E-state index contributed by atoms with van der Waals surface area (Å²) in [6.45, 7) is 6.73. The molecule has 1 aliphatic carbocycles. The first kappa shape index (κ1) is 14.4. The highest BCUT2D eigenvalue weighted by Crippen LogP contribution is 2.39. The van der Waals surface area contributed by atoms with E-state index in [2.05, 4.69) is 22.6 Å². The Morgan fingerprint density at radius 3 is 2.95 bits per heavy atom. The monoisotopic (exact) mass is 296 g/mol. The molecule has 0 radical (unpaired) electrons. The molecule has 3 rings (SSSR count). The molecule has 2 aliphatic rings. The van der Waals surface area contributed by atoms with Crippen molar-refractivity contribution in [1.29, 1.82) is 0 Å². The second kappa shape index (κ2) is 6.10. The lowest BCUT2D eigenvalue weighted by molar-refractivity contribution is -0.191. The number of hydrogen-bond donors (Lipinski definition) is 1. The Bertz CT molecular complexity index is 441. The third kappa shape index (κ3) is 3.39. The van der Waals surface area contributed by atoms with Crippen LogP contribution in [0.15, 0.2) is 5.38 Å². The highest BCUT2D eigenvalue weighted by atomic mass is 32.1.